The Morgan fingerprint density at radius 1 is 1.10 bits per heavy atom. The molecule has 0 aromatic heterocycles. The van der Waals surface area contributed by atoms with E-state index in [1.807, 2.05) is 43.3 Å². The predicted molar refractivity (Wildman–Crippen MR) is 77.4 cm³/mol. The number of aromatic carboxylic acids is 1. The van der Waals surface area contributed by atoms with E-state index in [2.05, 4.69) is 5.32 Å². The van der Waals surface area contributed by atoms with E-state index in [1.54, 1.807) is 0 Å². The van der Waals surface area contributed by atoms with Crippen molar-refractivity contribution < 1.29 is 14.3 Å². The molecule has 0 saturated heterocycles. The molecule has 0 aliphatic rings. The first-order valence-electron chi connectivity index (χ1n) is 6.04. The van der Waals surface area contributed by atoms with Crippen molar-refractivity contribution in [3.63, 3.8) is 0 Å². The van der Waals surface area contributed by atoms with Gasteiger partial charge in [-0.25, -0.2) is 9.18 Å². The quantitative estimate of drug-likeness (QED) is 0.898. The molecule has 2 aromatic rings. The Kier molecular flexibility index (Phi) is 3.89. The van der Waals surface area contributed by atoms with Crippen molar-refractivity contribution in [2.45, 2.75) is 0 Å². The lowest BCUT2D eigenvalue weighted by atomic mass is 10.2. The normalized spacial score (nSPS) is 10.2. The van der Waals surface area contributed by atoms with Gasteiger partial charge in [0.05, 0.1) is 5.56 Å². The maximum absolute atomic E-state index is 13.3. The summed E-state index contributed by atoms with van der Waals surface area (Å²) >= 11 is 0. The third kappa shape index (κ3) is 3.06. The van der Waals surface area contributed by atoms with Crippen LogP contribution in [0.15, 0.2) is 42.5 Å². The number of nitrogens with zero attached hydrogens (tertiary/aromatic N) is 1. The molecule has 0 spiro atoms. The number of anilines is 3. The molecule has 2 rings (SSSR count). The molecular weight excluding hydrogens is 259 g/mol. The third-order valence-corrected chi connectivity index (χ3v) is 2.87. The maximum Gasteiger partial charge on any atom is 0.338 e. The van der Waals surface area contributed by atoms with Gasteiger partial charge in [0, 0.05) is 31.2 Å². The molecular formula is C15H15FN2O2. The molecule has 5 heteroatoms. The van der Waals surface area contributed by atoms with E-state index in [0.29, 0.717) is 5.69 Å². The molecule has 0 aliphatic carbocycles. The number of halogens is 1. The summed E-state index contributed by atoms with van der Waals surface area (Å²) < 4.78 is 13.3. The molecule has 2 N–H and O–H groups in total. The van der Waals surface area contributed by atoms with Gasteiger partial charge in [0.2, 0.25) is 0 Å². The van der Waals surface area contributed by atoms with Gasteiger partial charge in [-0.05, 0) is 42.5 Å². The molecule has 2 aromatic carbocycles. The van der Waals surface area contributed by atoms with E-state index >= 15 is 0 Å². The Bertz CT molecular complexity index is 624. The fraction of sp³-hybridized carbons (Fsp3) is 0.133. The van der Waals surface area contributed by atoms with Crippen LogP contribution >= 0.6 is 0 Å². The maximum atomic E-state index is 13.3. The van der Waals surface area contributed by atoms with Crippen LogP contribution < -0.4 is 10.2 Å². The lowest BCUT2D eigenvalue weighted by molar-refractivity contribution is 0.0692. The van der Waals surface area contributed by atoms with Gasteiger partial charge >= 0.3 is 5.97 Å². The number of benzene rings is 2. The Hall–Kier alpha value is -2.56. The van der Waals surface area contributed by atoms with Gasteiger partial charge in [0.25, 0.3) is 0 Å². The molecule has 0 atom stereocenters. The minimum Gasteiger partial charge on any atom is -0.478 e. The average molecular weight is 274 g/mol. The van der Waals surface area contributed by atoms with Gasteiger partial charge in [-0.2, -0.15) is 0 Å². The van der Waals surface area contributed by atoms with Crippen LogP contribution in [0.25, 0.3) is 0 Å². The van der Waals surface area contributed by atoms with Gasteiger partial charge in [0.1, 0.15) is 5.82 Å². The van der Waals surface area contributed by atoms with Crippen molar-refractivity contribution in [2.24, 2.45) is 0 Å². The summed E-state index contributed by atoms with van der Waals surface area (Å²) in [7, 11) is 3.89. The van der Waals surface area contributed by atoms with Crippen LogP contribution in [-0.4, -0.2) is 25.2 Å². The highest BCUT2D eigenvalue weighted by molar-refractivity contribution is 5.89. The second kappa shape index (κ2) is 5.61. The summed E-state index contributed by atoms with van der Waals surface area (Å²) in [5.41, 5.74) is 2.04. The van der Waals surface area contributed by atoms with E-state index in [0.717, 1.165) is 17.4 Å². The van der Waals surface area contributed by atoms with Gasteiger partial charge in [-0.1, -0.05) is 0 Å². The van der Waals surface area contributed by atoms with Gasteiger partial charge in [-0.3, -0.25) is 0 Å². The SMILES string of the molecule is CN(C)c1ccc(Nc2ccc(F)c(C(=O)O)c2)cc1. The van der Waals surface area contributed by atoms with Gasteiger partial charge in [0.15, 0.2) is 0 Å². The number of hydrogen-bond acceptors (Lipinski definition) is 3. The second-order valence-electron chi connectivity index (χ2n) is 4.57. The zero-order valence-electron chi connectivity index (χ0n) is 11.2. The van der Waals surface area contributed by atoms with E-state index in [1.165, 1.54) is 12.1 Å². The van der Waals surface area contributed by atoms with Crippen molar-refractivity contribution in [2.75, 3.05) is 24.3 Å². The zero-order chi connectivity index (χ0) is 14.7. The number of nitrogens with one attached hydrogen (secondary N) is 1. The smallest absolute Gasteiger partial charge is 0.338 e. The first-order chi connectivity index (χ1) is 9.47. The number of carboxylic acids is 1. The van der Waals surface area contributed by atoms with Crippen LogP contribution in [0.1, 0.15) is 10.4 Å². The molecule has 104 valence electrons. The molecule has 0 aliphatic heterocycles. The third-order valence-electron chi connectivity index (χ3n) is 2.87. The number of carbonyl (C=O) groups is 1. The highest BCUT2D eigenvalue weighted by Gasteiger charge is 2.10. The summed E-state index contributed by atoms with van der Waals surface area (Å²) in [4.78, 5) is 12.8. The van der Waals surface area contributed by atoms with Crippen molar-refractivity contribution in [1.82, 2.24) is 0 Å². The fourth-order valence-corrected chi connectivity index (χ4v) is 1.78. The van der Waals surface area contributed by atoms with Crippen molar-refractivity contribution in [3.05, 3.63) is 53.8 Å². The molecule has 0 fully saturated rings. The van der Waals surface area contributed by atoms with Crippen molar-refractivity contribution in [1.29, 1.82) is 0 Å². The van der Waals surface area contributed by atoms with E-state index < -0.39 is 11.8 Å². The highest BCUT2D eigenvalue weighted by atomic mass is 19.1. The first-order valence-corrected chi connectivity index (χ1v) is 6.04. The van der Waals surface area contributed by atoms with Gasteiger partial charge < -0.3 is 15.3 Å². The minimum absolute atomic E-state index is 0.347. The van der Waals surface area contributed by atoms with E-state index in [9.17, 15) is 9.18 Å². The van der Waals surface area contributed by atoms with Crippen LogP contribution in [0.5, 0.6) is 0 Å². The standard InChI is InChI=1S/C15H15FN2O2/c1-18(2)12-6-3-10(4-7-12)17-11-5-8-14(16)13(9-11)15(19)20/h3-9,17H,1-2H3,(H,19,20). The largest absolute Gasteiger partial charge is 0.478 e. The van der Waals surface area contributed by atoms with Crippen LogP contribution in [-0.2, 0) is 0 Å². The van der Waals surface area contributed by atoms with Crippen molar-refractivity contribution in [3.8, 4) is 0 Å². The number of hydrogen-bond donors (Lipinski definition) is 2. The molecule has 0 saturated carbocycles. The average Bonchev–Trinajstić information content (AvgIpc) is 2.41. The predicted octanol–water partition coefficient (Wildman–Crippen LogP) is 3.33. The van der Waals surface area contributed by atoms with E-state index in [4.69, 9.17) is 5.11 Å². The topological polar surface area (TPSA) is 52.6 Å². The van der Waals surface area contributed by atoms with Gasteiger partial charge in [-0.15, -0.1) is 0 Å². The monoisotopic (exact) mass is 274 g/mol. The summed E-state index contributed by atoms with van der Waals surface area (Å²) in [6, 6.07) is 11.5. The molecule has 0 bridgehead atoms. The zero-order valence-corrected chi connectivity index (χ0v) is 11.2. The first kappa shape index (κ1) is 13.9. The Morgan fingerprint density at radius 3 is 2.25 bits per heavy atom. The molecule has 0 radical (unpaired) electrons. The molecule has 0 amide bonds. The lowest BCUT2D eigenvalue weighted by Gasteiger charge is -2.13. The summed E-state index contributed by atoms with van der Waals surface area (Å²) in [6.07, 6.45) is 0. The second-order valence-corrected chi connectivity index (χ2v) is 4.57. The Labute approximate surface area is 116 Å². The van der Waals surface area contributed by atoms with Crippen LogP contribution in [0.2, 0.25) is 0 Å². The fourth-order valence-electron chi connectivity index (χ4n) is 1.78. The Morgan fingerprint density at radius 2 is 1.70 bits per heavy atom. The number of rotatable bonds is 4. The summed E-state index contributed by atoms with van der Waals surface area (Å²) in [5, 5.41) is 11.9. The Balaban J connectivity index is 2.21. The summed E-state index contributed by atoms with van der Waals surface area (Å²) in [6.45, 7) is 0. The van der Waals surface area contributed by atoms with E-state index in [-0.39, 0.29) is 5.56 Å². The summed E-state index contributed by atoms with van der Waals surface area (Å²) in [5.74, 6) is -2.03. The number of carboxylic acid groups (broad SMARTS) is 1. The lowest BCUT2D eigenvalue weighted by Crippen LogP contribution is -2.08. The highest BCUT2D eigenvalue weighted by Crippen LogP contribution is 2.22. The molecule has 0 unspecified atom stereocenters. The van der Waals surface area contributed by atoms with Crippen molar-refractivity contribution >= 4 is 23.0 Å². The molecule has 4 nitrogen and oxygen atoms in total. The molecule has 20 heavy (non-hydrogen) atoms. The minimum atomic E-state index is -1.28. The van der Waals surface area contributed by atoms with Crippen LogP contribution in [0.3, 0.4) is 0 Å². The van der Waals surface area contributed by atoms with Crippen LogP contribution in [0, 0.1) is 5.82 Å². The van der Waals surface area contributed by atoms with Crippen LogP contribution in [0.4, 0.5) is 21.5 Å². The molecule has 0 heterocycles.